The van der Waals surface area contributed by atoms with Gasteiger partial charge in [-0.1, -0.05) is 0 Å². The largest absolute Gasteiger partial charge is 0.497 e. The molecule has 4 saturated heterocycles. The molecule has 0 spiro atoms. The summed E-state index contributed by atoms with van der Waals surface area (Å²) in [4.78, 5) is 19.4. The summed E-state index contributed by atoms with van der Waals surface area (Å²) in [6.45, 7) is 10.9. The fraction of sp³-hybridized carbons (Fsp3) is 0.531. The van der Waals surface area contributed by atoms with Crippen LogP contribution >= 0.6 is 11.8 Å². The third kappa shape index (κ3) is 14.7. The summed E-state index contributed by atoms with van der Waals surface area (Å²) in [6.07, 6.45) is 8.00. The molecule has 4 aliphatic heterocycles. The zero-order chi connectivity index (χ0) is 58.8. The maximum absolute atomic E-state index is 14.7. The second-order valence-corrected chi connectivity index (χ2v) is 24.5. The molecule has 4 aromatic carbocycles. The van der Waals surface area contributed by atoms with E-state index in [9.17, 15) is 36.6 Å². The molecule has 2 unspecified atom stereocenters. The Hall–Kier alpha value is -5.29. The number of methoxy groups -OCH3 is 2. The molecule has 20 heteroatoms. The number of rotatable bonds is 25. The van der Waals surface area contributed by atoms with Crippen LogP contribution in [0.25, 0.3) is 21.8 Å². The van der Waals surface area contributed by atoms with Crippen LogP contribution in [0.15, 0.2) is 78.0 Å². The van der Waals surface area contributed by atoms with Crippen LogP contribution in [0.4, 0.5) is 32.0 Å². The first-order chi connectivity index (χ1) is 40.7. The lowest BCUT2D eigenvalue weighted by atomic mass is 9.61. The molecule has 0 bridgehead atoms. The van der Waals surface area contributed by atoms with Crippen LogP contribution in [0.2, 0.25) is 0 Å². The van der Waals surface area contributed by atoms with E-state index in [1.807, 2.05) is 36.7 Å². The van der Waals surface area contributed by atoms with Crippen LogP contribution < -0.4 is 14.8 Å². The maximum atomic E-state index is 14.7. The molecule has 3 N–H and O–H groups in total. The Morgan fingerprint density at radius 3 is 1.49 bits per heavy atom. The number of pyridine rings is 2. The van der Waals surface area contributed by atoms with Crippen molar-refractivity contribution in [3.63, 3.8) is 0 Å². The molecule has 0 saturated carbocycles. The zero-order valence-corrected chi connectivity index (χ0v) is 49.1. The van der Waals surface area contributed by atoms with Crippen molar-refractivity contribution in [3.05, 3.63) is 130 Å². The van der Waals surface area contributed by atoms with Gasteiger partial charge in [0.25, 0.3) is 0 Å². The van der Waals surface area contributed by atoms with Crippen LogP contribution in [0, 0.1) is 45.7 Å². The third-order valence-corrected chi connectivity index (χ3v) is 19.3. The number of nitrogens with one attached hydrogen (secondary N) is 1. The van der Waals surface area contributed by atoms with Gasteiger partial charge in [-0.2, -0.15) is 0 Å². The molecular weight excluding hydrogens is 1110 g/mol. The number of nitrogens with zero attached hydrogens (tertiary/aromatic N) is 6. The highest BCUT2D eigenvalue weighted by Crippen LogP contribution is 2.49. The fourth-order valence-electron chi connectivity index (χ4n) is 13.3. The minimum atomic E-state index is -1.49. The van der Waals surface area contributed by atoms with Crippen LogP contribution in [-0.4, -0.2) is 170 Å². The van der Waals surface area contributed by atoms with E-state index in [0.29, 0.717) is 166 Å². The molecular formula is C64H79F6N7O6S. The number of piperidine rings is 2. The van der Waals surface area contributed by atoms with Gasteiger partial charge in [0.2, 0.25) is 0 Å². The number of benzene rings is 4. The lowest BCUT2D eigenvalue weighted by molar-refractivity contribution is -0.153. The van der Waals surface area contributed by atoms with Crippen molar-refractivity contribution >= 4 is 39.3 Å². The highest BCUT2D eigenvalue weighted by Gasteiger charge is 2.51. The van der Waals surface area contributed by atoms with E-state index in [1.54, 1.807) is 14.2 Å². The third-order valence-electron chi connectivity index (χ3n) is 18.4. The average Bonchev–Trinajstić information content (AvgIpc) is 1.62. The highest BCUT2D eigenvalue weighted by atomic mass is 32.2. The normalized spacial score (nSPS) is 19.0. The number of hydrogen-bond donors (Lipinski definition) is 3. The molecule has 4 fully saturated rings. The van der Waals surface area contributed by atoms with Gasteiger partial charge in [0.1, 0.15) is 23.0 Å². The molecule has 6 aromatic rings. The number of aryl methyl sites for hydroxylation is 2. The van der Waals surface area contributed by atoms with Gasteiger partial charge in [0, 0.05) is 116 Å². The summed E-state index contributed by atoms with van der Waals surface area (Å²) < 4.78 is 108. The molecule has 0 radical (unpaired) electrons. The molecule has 4 aliphatic rings. The van der Waals surface area contributed by atoms with Crippen molar-refractivity contribution in [2.75, 3.05) is 124 Å². The molecule has 10 rings (SSSR count). The smallest absolute Gasteiger partial charge is 0.194 e. The zero-order valence-electron chi connectivity index (χ0n) is 48.3. The SMILES string of the molecule is COc1ccc2ncc(CN3CCOCC3)c(CCCC3(C(O)C(O)C4(CCCc5c(CN6CCOCC6)cnc6ccc(OC)cc56)CCN(CCSc5cc(F)c(F)c(F)c5)CC4)CCN(CCNc4c(F)cc(F)cc4F)CC3)c2c1. The van der Waals surface area contributed by atoms with E-state index in [-0.39, 0.29) is 12.2 Å². The van der Waals surface area contributed by atoms with Gasteiger partial charge in [0.05, 0.1) is 63.9 Å². The highest BCUT2D eigenvalue weighted by molar-refractivity contribution is 7.99. The van der Waals surface area contributed by atoms with E-state index < -0.39 is 57.9 Å². The Labute approximate surface area is 493 Å². The second-order valence-electron chi connectivity index (χ2n) is 23.3. The second kappa shape index (κ2) is 28.5. The summed E-state index contributed by atoms with van der Waals surface area (Å²) in [5.41, 5.74) is 4.51. The number of ether oxygens (including phenoxy) is 4. The summed E-state index contributed by atoms with van der Waals surface area (Å²) in [5.74, 6) is -4.98. The van der Waals surface area contributed by atoms with E-state index in [1.165, 1.54) is 22.9 Å². The maximum Gasteiger partial charge on any atom is 0.194 e. The number of anilines is 1. The topological polar surface area (TPSA) is 128 Å². The number of thioether (sulfide) groups is 1. The van der Waals surface area contributed by atoms with Gasteiger partial charge < -0.3 is 44.3 Å². The first kappa shape index (κ1) is 61.8. The van der Waals surface area contributed by atoms with Gasteiger partial charge in [0.15, 0.2) is 29.1 Å². The Morgan fingerprint density at radius 2 is 1.04 bits per heavy atom. The molecule has 84 heavy (non-hydrogen) atoms. The van der Waals surface area contributed by atoms with Gasteiger partial charge in [-0.3, -0.25) is 19.8 Å². The average molecular weight is 1190 g/mol. The van der Waals surface area contributed by atoms with Crippen molar-refractivity contribution in [1.29, 1.82) is 0 Å². The van der Waals surface area contributed by atoms with Crippen LogP contribution in [0.1, 0.15) is 73.6 Å². The molecule has 0 amide bonds. The van der Waals surface area contributed by atoms with E-state index in [4.69, 9.17) is 28.9 Å². The van der Waals surface area contributed by atoms with Gasteiger partial charge >= 0.3 is 0 Å². The van der Waals surface area contributed by atoms with Gasteiger partial charge in [-0.05, 0) is 161 Å². The lowest BCUT2D eigenvalue weighted by Gasteiger charge is -2.52. The molecule has 2 atom stereocenters. The Morgan fingerprint density at radius 1 is 0.583 bits per heavy atom. The van der Waals surface area contributed by atoms with Crippen molar-refractivity contribution in [2.24, 2.45) is 10.8 Å². The standard InChI is InChI=1S/C64H79F6N7O6S/c1-80-46-7-9-57-51(35-46)49(43(39-72-57)41-76-23-28-82-29-24-76)5-3-11-63(13-18-74(19-14-63)22-17-71-60-55(68)33-45(65)34-56(60)69)61(78)62(79)64(15-20-75(21-16-64)27-32-84-48-37-53(66)59(70)54(67)38-48)12-4-6-50-44(42-77-25-30-83-31-26-77)40-73-58-10-8-47(81-2)36-52(50)58/h7-10,33-40,61-62,71,78-79H,3-6,11-32,41-42H2,1-2H3. The van der Waals surface area contributed by atoms with Crippen molar-refractivity contribution < 1.29 is 55.5 Å². The summed E-state index contributed by atoms with van der Waals surface area (Å²) in [6, 6.07) is 15.3. The van der Waals surface area contributed by atoms with Gasteiger partial charge in [-0.15, -0.1) is 11.8 Å². The number of fused-ring (bicyclic) bond motifs is 2. The van der Waals surface area contributed by atoms with E-state index >= 15 is 0 Å². The predicted octanol–water partition coefficient (Wildman–Crippen LogP) is 10.4. The number of hydrogen-bond acceptors (Lipinski definition) is 14. The number of morpholine rings is 2. The number of aromatic nitrogens is 2. The molecule has 0 aliphatic carbocycles. The number of halogens is 6. The summed E-state index contributed by atoms with van der Waals surface area (Å²) >= 11 is 1.26. The first-order valence-corrected chi connectivity index (χ1v) is 30.7. The predicted molar refractivity (Wildman–Crippen MR) is 315 cm³/mol. The minimum Gasteiger partial charge on any atom is -0.497 e. The minimum absolute atomic E-state index is 0.200. The van der Waals surface area contributed by atoms with Crippen molar-refractivity contribution in [2.45, 2.75) is 94.4 Å². The van der Waals surface area contributed by atoms with Crippen LogP contribution in [0.5, 0.6) is 11.5 Å². The number of aliphatic hydroxyl groups is 2. The van der Waals surface area contributed by atoms with E-state index in [0.717, 1.165) is 82.7 Å². The Kier molecular flexibility index (Phi) is 20.9. The van der Waals surface area contributed by atoms with Gasteiger partial charge in [-0.25, -0.2) is 26.3 Å². The van der Waals surface area contributed by atoms with Crippen molar-refractivity contribution in [1.82, 2.24) is 29.6 Å². The first-order valence-electron chi connectivity index (χ1n) is 29.7. The summed E-state index contributed by atoms with van der Waals surface area (Å²) in [5, 5.41) is 31.6. The Balaban J connectivity index is 0.929. The summed E-state index contributed by atoms with van der Waals surface area (Å²) in [7, 11) is 3.32. The Bertz CT molecular complexity index is 3130. The molecule has 13 nitrogen and oxygen atoms in total. The molecule has 454 valence electrons. The number of likely N-dealkylation sites (tertiary alicyclic amines) is 2. The van der Waals surface area contributed by atoms with Crippen LogP contribution in [0.3, 0.4) is 0 Å². The molecule has 2 aromatic heterocycles. The van der Waals surface area contributed by atoms with E-state index in [2.05, 4.69) is 37.0 Å². The van der Waals surface area contributed by atoms with Crippen LogP contribution in [-0.2, 0) is 35.4 Å². The molecule has 6 heterocycles. The number of aliphatic hydroxyl groups excluding tert-OH is 2. The monoisotopic (exact) mass is 1190 g/mol. The fourth-order valence-corrected chi connectivity index (χ4v) is 14.3. The lowest BCUT2D eigenvalue weighted by Crippen LogP contribution is -2.57. The van der Waals surface area contributed by atoms with Crippen molar-refractivity contribution in [3.8, 4) is 11.5 Å². The quantitative estimate of drug-likeness (QED) is 0.0286.